The Hall–Kier alpha value is -4.40. The molecule has 0 spiro atoms. The summed E-state index contributed by atoms with van der Waals surface area (Å²) in [7, 11) is 0. The number of furan rings is 1. The number of carbonyl (C=O) groups is 1. The molecule has 2 aromatic carbocycles. The summed E-state index contributed by atoms with van der Waals surface area (Å²) in [4.78, 5) is 17.0. The number of aromatic hydroxyl groups is 1. The highest BCUT2D eigenvalue weighted by Crippen LogP contribution is 2.33. The number of phenolic OH excluding ortho intramolecular Hbond substituents is 1. The van der Waals surface area contributed by atoms with Crippen LogP contribution in [0.3, 0.4) is 0 Å². The third-order valence-corrected chi connectivity index (χ3v) is 5.34. The van der Waals surface area contributed by atoms with Crippen LogP contribution in [0.2, 0.25) is 0 Å². The topological polar surface area (TPSA) is 99.2 Å². The van der Waals surface area contributed by atoms with Gasteiger partial charge in [0.25, 0.3) is 5.91 Å². The van der Waals surface area contributed by atoms with Crippen molar-refractivity contribution in [2.24, 2.45) is 0 Å². The molecule has 0 fully saturated rings. The maximum absolute atomic E-state index is 13.0. The number of hydrogen-bond acceptors (Lipinski definition) is 5. The molecule has 4 rings (SSSR count). The summed E-state index contributed by atoms with van der Waals surface area (Å²) in [6.07, 6.45) is -1.35. The molecule has 0 saturated carbocycles. The molecule has 0 radical (unpaired) electrons. The van der Waals surface area contributed by atoms with Crippen molar-refractivity contribution in [2.45, 2.75) is 18.6 Å². The van der Waals surface area contributed by atoms with Gasteiger partial charge in [-0.25, -0.2) is 0 Å². The van der Waals surface area contributed by atoms with Crippen LogP contribution in [0.5, 0.6) is 5.75 Å². The highest BCUT2D eigenvalue weighted by molar-refractivity contribution is 5.99. The molecule has 0 aliphatic rings. The predicted octanol–water partition coefficient (Wildman–Crippen LogP) is 6.00. The Morgan fingerprint density at radius 1 is 1.06 bits per heavy atom. The van der Waals surface area contributed by atoms with E-state index in [0.717, 1.165) is 12.1 Å². The van der Waals surface area contributed by atoms with E-state index in [1.54, 1.807) is 36.5 Å². The second-order valence-electron chi connectivity index (χ2n) is 7.75. The van der Waals surface area contributed by atoms with Gasteiger partial charge in [0.2, 0.25) is 0 Å². The van der Waals surface area contributed by atoms with Gasteiger partial charge in [-0.15, -0.1) is 0 Å². The maximum Gasteiger partial charge on any atom is 0.416 e. The van der Waals surface area contributed by atoms with Gasteiger partial charge in [-0.2, -0.15) is 13.2 Å². The molecule has 1 amide bonds. The van der Waals surface area contributed by atoms with E-state index in [1.807, 2.05) is 0 Å². The second-order valence-corrected chi connectivity index (χ2v) is 7.75. The van der Waals surface area contributed by atoms with E-state index < -0.39 is 23.7 Å². The number of carbonyl (C=O) groups excluding carboxylic acids is 1. The number of phenols is 1. The van der Waals surface area contributed by atoms with Crippen molar-refractivity contribution in [2.75, 3.05) is 0 Å². The second kappa shape index (κ2) is 9.84. The molecule has 4 aromatic rings. The average Bonchev–Trinajstić information content (AvgIpc) is 3.35. The fourth-order valence-electron chi connectivity index (χ4n) is 3.58. The molecule has 3 N–H and O–H groups in total. The Morgan fingerprint density at radius 3 is 2.57 bits per heavy atom. The molecule has 0 aliphatic heterocycles. The minimum atomic E-state index is -4.51. The molecule has 1 unspecified atom stereocenters. The van der Waals surface area contributed by atoms with Gasteiger partial charge in [-0.05, 0) is 36.4 Å². The Labute approximate surface area is 198 Å². The monoisotopic (exact) mass is 479 g/mol. The van der Waals surface area contributed by atoms with Crippen LogP contribution < -0.4 is 5.32 Å². The van der Waals surface area contributed by atoms with Gasteiger partial charge in [0.15, 0.2) is 5.76 Å². The summed E-state index contributed by atoms with van der Waals surface area (Å²) in [6, 6.07) is 16.5. The fourth-order valence-corrected chi connectivity index (χ4v) is 3.58. The van der Waals surface area contributed by atoms with Gasteiger partial charge < -0.3 is 20.2 Å². The SMILES string of the molecule is N=C(CC(NC(=O)c1ccc(-c2cccc(C(F)(F)F)c2)o1)c1ccccc1O)c1cccnc1. The number of para-hydroxylation sites is 1. The Kier molecular flexibility index (Phi) is 6.68. The first-order valence-corrected chi connectivity index (χ1v) is 10.6. The molecule has 0 saturated heterocycles. The number of nitrogens with one attached hydrogen (secondary N) is 2. The van der Waals surface area contributed by atoms with Crippen LogP contribution in [0.25, 0.3) is 11.3 Å². The van der Waals surface area contributed by atoms with Crippen molar-refractivity contribution in [3.8, 4) is 17.1 Å². The fraction of sp³-hybridized carbons (Fsp3) is 0.115. The lowest BCUT2D eigenvalue weighted by Gasteiger charge is -2.20. The summed E-state index contributed by atoms with van der Waals surface area (Å²) in [5.74, 6) is -0.717. The zero-order chi connectivity index (χ0) is 25.0. The molecule has 1 atom stereocenters. The van der Waals surface area contributed by atoms with Crippen LogP contribution in [0.1, 0.15) is 39.7 Å². The molecule has 2 heterocycles. The number of aromatic nitrogens is 1. The number of rotatable bonds is 7. The number of benzene rings is 2. The molecule has 0 aliphatic carbocycles. The van der Waals surface area contributed by atoms with Gasteiger partial charge in [0, 0.05) is 41.2 Å². The molecular weight excluding hydrogens is 459 g/mol. The Morgan fingerprint density at radius 2 is 1.86 bits per heavy atom. The highest BCUT2D eigenvalue weighted by Gasteiger charge is 2.31. The number of nitrogens with zero attached hydrogens (tertiary/aromatic N) is 1. The van der Waals surface area contributed by atoms with Crippen LogP contribution in [-0.4, -0.2) is 21.7 Å². The zero-order valence-electron chi connectivity index (χ0n) is 18.2. The van der Waals surface area contributed by atoms with Crippen molar-refractivity contribution in [1.82, 2.24) is 10.3 Å². The number of halogens is 3. The first-order chi connectivity index (χ1) is 16.7. The molecule has 0 bridgehead atoms. The van der Waals surface area contributed by atoms with Crippen molar-refractivity contribution >= 4 is 11.6 Å². The van der Waals surface area contributed by atoms with Crippen molar-refractivity contribution in [1.29, 1.82) is 5.41 Å². The van der Waals surface area contributed by atoms with E-state index in [9.17, 15) is 23.1 Å². The van der Waals surface area contributed by atoms with Crippen LogP contribution in [0.15, 0.2) is 89.6 Å². The van der Waals surface area contributed by atoms with E-state index in [4.69, 9.17) is 9.83 Å². The number of pyridine rings is 1. The van der Waals surface area contributed by atoms with Crippen LogP contribution in [0.4, 0.5) is 13.2 Å². The maximum atomic E-state index is 13.0. The van der Waals surface area contributed by atoms with Gasteiger partial charge in [-0.3, -0.25) is 9.78 Å². The van der Waals surface area contributed by atoms with E-state index in [-0.39, 0.29) is 35.0 Å². The van der Waals surface area contributed by atoms with E-state index >= 15 is 0 Å². The van der Waals surface area contributed by atoms with Gasteiger partial charge in [0.1, 0.15) is 11.5 Å². The van der Waals surface area contributed by atoms with Crippen molar-refractivity contribution < 1.29 is 27.5 Å². The van der Waals surface area contributed by atoms with Gasteiger partial charge >= 0.3 is 6.18 Å². The standard InChI is InChI=1S/C26H20F3N3O3/c27-26(28,29)18-7-3-5-16(13-18)23-10-11-24(35-23)25(34)32-21(19-8-1-2-9-22(19)33)14-20(30)17-6-4-12-31-15-17/h1-13,15,21,30,33H,14H2,(H,32,34). The average molecular weight is 479 g/mol. The number of amides is 1. The lowest BCUT2D eigenvalue weighted by Crippen LogP contribution is -2.30. The van der Waals surface area contributed by atoms with E-state index in [0.29, 0.717) is 11.1 Å². The molecule has 35 heavy (non-hydrogen) atoms. The first-order valence-electron chi connectivity index (χ1n) is 10.6. The number of hydrogen-bond donors (Lipinski definition) is 3. The molecular formula is C26H20F3N3O3. The number of alkyl halides is 3. The third-order valence-electron chi connectivity index (χ3n) is 5.34. The van der Waals surface area contributed by atoms with Crippen molar-refractivity contribution in [3.05, 3.63) is 108 Å². The van der Waals surface area contributed by atoms with E-state index in [1.165, 1.54) is 36.5 Å². The summed E-state index contributed by atoms with van der Waals surface area (Å²) >= 11 is 0. The molecule has 178 valence electrons. The van der Waals surface area contributed by atoms with Gasteiger partial charge in [-0.1, -0.05) is 36.4 Å². The lowest BCUT2D eigenvalue weighted by molar-refractivity contribution is -0.137. The lowest BCUT2D eigenvalue weighted by atomic mass is 9.97. The highest BCUT2D eigenvalue weighted by atomic mass is 19.4. The van der Waals surface area contributed by atoms with Crippen LogP contribution in [-0.2, 0) is 6.18 Å². The normalized spacial score (nSPS) is 12.2. The predicted molar refractivity (Wildman–Crippen MR) is 123 cm³/mol. The molecule has 9 heteroatoms. The minimum absolute atomic E-state index is 0.0518. The zero-order valence-corrected chi connectivity index (χ0v) is 18.2. The van der Waals surface area contributed by atoms with Crippen LogP contribution in [0, 0.1) is 5.41 Å². The third kappa shape index (κ3) is 5.57. The largest absolute Gasteiger partial charge is 0.508 e. The summed E-state index contributed by atoms with van der Waals surface area (Å²) < 4.78 is 44.7. The Balaban J connectivity index is 1.57. The summed E-state index contributed by atoms with van der Waals surface area (Å²) in [5.41, 5.74) is 0.502. The minimum Gasteiger partial charge on any atom is -0.508 e. The first kappa shape index (κ1) is 23.7. The molecule has 2 aromatic heterocycles. The van der Waals surface area contributed by atoms with Crippen molar-refractivity contribution in [3.63, 3.8) is 0 Å². The van der Waals surface area contributed by atoms with Crippen LogP contribution >= 0.6 is 0 Å². The molecule has 6 nitrogen and oxygen atoms in total. The Bertz CT molecular complexity index is 1350. The quantitative estimate of drug-likeness (QED) is 0.283. The smallest absolute Gasteiger partial charge is 0.416 e. The van der Waals surface area contributed by atoms with E-state index in [2.05, 4.69) is 10.3 Å². The van der Waals surface area contributed by atoms with Gasteiger partial charge in [0.05, 0.1) is 11.6 Å². The summed E-state index contributed by atoms with van der Waals surface area (Å²) in [6.45, 7) is 0. The summed E-state index contributed by atoms with van der Waals surface area (Å²) in [5, 5.41) is 21.5.